The van der Waals surface area contributed by atoms with Crippen LogP contribution in [0.1, 0.15) is 43.1 Å². The van der Waals surface area contributed by atoms with Gasteiger partial charge >= 0.3 is 0 Å². The fourth-order valence-electron chi connectivity index (χ4n) is 5.72. The number of likely N-dealkylation sites (N-methyl/N-ethyl adjacent to an activating group) is 1. The summed E-state index contributed by atoms with van der Waals surface area (Å²) >= 11 is 0. The van der Waals surface area contributed by atoms with E-state index in [1.54, 1.807) is 0 Å². The number of hydrogen-bond acceptors (Lipinski definition) is 5. The van der Waals surface area contributed by atoms with Crippen molar-refractivity contribution in [3.63, 3.8) is 0 Å². The average molecular weight is 521 g/mol. The molecule has 1 fully saturated rings. The summed E-state index contributed by atoms with van der Waals surface area (Å²) in [6.45, 7) is 10.9. The van der Waals surface area contributed by atoms with Crippen LogP contribution in [0.3, 0.4) is 0 Å². The van der Waals surface area contributed by atoms with E-state index in [1.807, 2.05) is 17.2 Å². The first-order valence-corrected chi connectivity index (χ1v) is 14.0. The number of fused-ring (bicyclic) bond motifs is 1. The van der Waals surface area contributed by atoms with Crippen molar-refractivity contribution in [2.75, 3.05) is 32.7 Å². The number of pyridine rings is 2. The molecule has 2 aliphatic heterocycles. The van der Waals surface area contributed by atoms with E-state index >= 15 is 0 Å². The molecule has 7 heteroatoms. The van der Waals surface area contributed by atoms with Gasteiger partial charge in [0.1, 0.15) is 11.3 Å². The fourth-order valence-corrected chi connectivity index (χ4v) is 5.72. The number of allylic oxidation sites excluding steroid dienone is 4. The molecule has 2 unspecified atom stereocenters. The lowest BCUT2D eigenvalue weighted by atomic mass is 9.92. The number of aromatic nitrogens is 3. The van der Waals surface area contributed by atoms with Gasteiger partial charge in [-0.15, -0.1) is 0 Å². The quantitative estimate of drug-likeness (QED) is 0.527. The number of dihydropyridines is 1. The summed E-state index contributed by atoms with van der Waals surface area (Å²) in [5, 5.41) is 3.57. The van der Waals surface area contributed by atoms with Crippen molar-refractivity contribution in [3.8, 4) is 11.3 Å². The highest BCUT2D eigenvalue weighted by molar-refractivity contribution is 5.96. The van der Waals surface area contributed by atoms with E-state index in [0.717, 1.165) is 84.3 Å². The predicted molar refractivity (Wildman–Crippen MR) is 156 cm³/mol. The Balaban J connectivity index is 1.28. The minimum Gasteiger partial charge on any atom is -0.377 e. The Kier molecular flexibility index (Phi) is 6.92. The lowest BCUT2D eigenvalue weighted by molar-refractivity contribution is -0.128. The van der Waals surface area contributed by atoms with Crippen molar-refractivity contribution in [1.29, 1.82) is 0 Å². The van der Waals surface area contributed by atoms with E-state index in [2.05, 4.69) is 96.2 Å². The Hall–Kier alpha value is -3.97. The molecular weight excluding hydrogens is 484 g/mol. The molecule has 200 valence electrons. The number of aryl methyl sites for hydroxylation is 1. The van der Waals surface area contributed by atoms with Gasteiger partial charge in [-0.25, -0.2) is 4.98 Å². The van der Waals surface area contributed by atoms with E-state index in [4.69, 9.17) is 9.97 Å². The molecule has 1 saturated heterocycles. The average Bonchev–Trinajstić information content (AvgIpc) is 3.38. The highest BCUT2D eigenvalue weighted by atomic mass is 16.2. The first-order valence-electron chi connectivity index (χ1n) is 14.0. The minimum absolute atomic E-state index is 0.123. The SMILES string of the molecule is CCN1CCN(C(=O)C2=CCC(c3cc(-c4c(C5=CC=CC(C)N5)nc5c(C)cccn45)ccn3)C=C2)CC1. The van der Waals surface area contributed by atoms with Gasteiger partial charge in [-0.05, 0) is 56.7 Å². The Labute approximate surface area is 230 Å². The fraction of sp³-hybridized carbons (Fsp3) is 0.344. The van der Waals surface area contributed by atoms with Crippen LogP contribution in [-0.2, 0) is 4.79 Å². The Morgan fingerprint density at radius 2 is 2.00 bits per heavy atom. The van der Waals surface area contributed by atoms with Gasteiger partial charge in [0.15, 0.2) is 0 Å². The van der Waals surface area contributed by atoms with Crippen LogP contribution in [0, 0.1) is 6.92 Å². The Bertz CT molecular complexity index is 1520. The molecule has 3 aromatic rings. The molecular formula is C32H36N6O. The van der Waals surface area contributed by atoms with Crippen molar-refractivity contribution in [2.45, 2.75) is 39.2 Å². The van der Waals surface area contributed by atoms with Crippen LogP contribution in [-0.4, -0.2) is 68.8 Å². The molecule has 0 bridgehead atoms. The van der Waals surface area contributed by atoms with Gasteiger partial charge < -0.3 is 15.1 Å². The minimum atomic E-state index is 0.123. The highest BCUT2D eigenvalue weighted by Gasteiger charge is 2.25. The molecule has 3 aliphatic rings. The summed E-state index contributed by atoms with van der Waals surface area (Å²) in [7, 11) is 0. The maximum absolute atomic E-state index is 13.1. The molecule has 5 heterocycles. The van der Waals surface area contributed by atoms with Crippen molar-refractivity contribution >= 4 is 17.3 Å². The largest absolute Gasteiger partial charge is 0.377 e. The summed E-state index contributed by atoms with van der Waals surface area (Å²) in [6.07, 6.45) is 17.3. The zero-order valence-corrected chi connectivity index (χ0v) is 23.0. The molecule has 2 atom stereocenters. The van der Waals surface area contributed by atoms with E-state index in [9.17, 15) is 4.79 Å². The topological polar surface area (TPSA) is 65.8 Å². The standard InChI is InChI=1S/C32H36N6O/c1-4-36-17-19-37(20-18-36)32(39)25-12-10-24(11-13-25)28-21-26(14-15-33-28)30-29(27-9-5-8-23(3)34-27)35-31-22(2)7-6-16-38(30)31/h5-10,12-16,21,23-24,34H,4,11,17-20H2,1-3H3. The van der Waals surface area contributed by atoms with Crippen LogP contribution >= 0.6 is 0 Å². The molecule has 0 aromatic carbocycles. The number of piperazine rings is 1. The smallest absolute Gasteiger partial charge is 0.253 e. The van der Waals surface area contributed by atoms with Crippen LogP contribution in [0.25, 0.3) is 22.6 Å². The van der Waals surface area contributed by atoms with Crippen molar-refractivity contribution in [2.24, 2.45) is 0 Å². The number of nitrogens with one attached hydrogen (secondary N) is 1. The zero-order chi connectivity index (χ0) is 26.9. The maximum atomic E-state index is 13.1. The van der Waals surface area contributed by atoms with Crippen molar-refractivity contribution < 1.29 is 4.79 Å². The normalized spacial score (nSPS) is 21.6. The van der Waals surface area contributed by atoms with Gasteiger partial charge in [-0.1, -0.05) is 43.4 Å². The van der Waals surface area contributed by atoms with Gasteiger partial charge in [-0.2, -0.15) is 0 Å². The lowest BCUT2D eigenvalue weighted by Gasteiger charge is -2.34. The van der Waals surface area contributed by atoms with E-state index < -0.39 is 0 Å². The number of rotatable bonds is 5. The van der Waals surface area contributed by atoms with Crippen LogP contribution in [0.15, 0.2) is 78.7 Å². The molecule has 0 spiro atoms. The van der Waals surface area contributed by atoms with Crippen LogP contribution < -0.4 is 5.32 Å². The number of nitrogens with zero attached hydrogens (tertiary/aromatic N) is 5. The second-order valence-corrected chi connectivity index (χ2v) is 10.6. The van der Waals surface area contributed by atoms with Crippen LogP contribution in [0.4, 0.5) is 0 Å². The molecule has 39 heavy (non-hydrogen) atoms. The van der Waals surface area contributed by atoms with Gasteiger partial charge in [-0.3, -0.25) is 14.2 Å². The van der Waals surface area contributed by atoms with Crippen molar-refractivity contribution in [1.82, 2.24) is 29.5 Å². The molecule has 6 rings (SSSR count). The summed E-state index contributed by atoms with van der Waals surface area (Å²) in [4.78, 5) is 27.3. The first-order chi connectivity index (χ1) is 19.0. The molecule has 1 N–H and O–H groups in total. The number of carbonyl (C=O) groups excluding carboxylic acids is 1. The van der Waals surface area contributed by atoms with E-state index in [1.165, 1.54) is 0 Å². The number of hydrogen-bond donors (Lipinski definition) is 1. The predicted octanol–water partition coefficient (Wildman–Crippen LogP) is 4.73. The third-order valence-corrected chi connectivity index (χ3v) is 8.03. The first kappa shape index (κ1) is 25.3. The number of amides is 1. The van der Waals surface area contributed by atoms with E-state index in [-0.39, 0.29) is 17.9 Å². The second-order valence-electron chi connectivity index (χ2n) is 10.6. The van der Waals surface area contributed by atoms with Gasteiger partial charge in [0.05, 0.1) is 11.4 Å². The zero-order valence-electron chi connectivity index (χ0n) is 23.0. The van der Waals surface area contributed by atoms with Gasteiger partial charge in [0.25, 0.3) is 5.91 Å². The summed E-state index contributed by atoms with van der Waals surface area (Å²) in [6, 6.07) is 8.65. The maximum Gasteiger partial charge on any atom is 0.253 e. The van der Waals surface area contributed by atoms with Gasteiger partial charge in [0, 0.05) is 67.4 Å². The summed E-state index contributed by atoms with van der Waals surface area (Å²) < 4.78 is 2.18. The van der Waals surface area contributed by atoms with Crippen LogP contribution in [0.5, 0.6) is 0 Å². The third kappa shape index (κ3) is 4.94. The lowest BCUT2D eigenvalue weighted by Crippen LogP contribution is -2.48. The monoisotopic (exact) mass is 520 g/mol. The second kappa shape index (κ2) is 10.7. The summed E-state index contributed by atoms with van der Waals surface area (Å²) in [5.41, 5.74) is 7.96. The number of imidazole rings is 1. The molecule has 0 radical (unpaired) electrons. The van der Waals surface area contributed by atoms with Crippen molar-refractivity contribution in [3.05, 3.63) is 95.6 Å². The third-order valence-electron chi connectivity index (χ3n) is 8.03. The van der Waals surface area contributed by atoms with Gasteiger partial charge in [0.2, 0.25) is 0 Å². The molecule has 7 nitrogen and oxygen atoms in total. The summed E-state index contributed by atoms with van der Waals surface area (Å²) in [5.74, 6) is 0.266. The Morgan fingerprint density at radius 1 is 1.15 bits per heavy atom. The Morgan fingerprint density at radius 3 is 2.74 bits per heavy atom. The van der Waals surface area contributed by atoms with E-state index in [0.29, 0.717) is 0 Å². The molecule has 3 aromatic heterocycles. The molecule has 1 amide bonds. The molecule has 0 saturated carbocycles. The molecule has 1 aliphatic carbocycles. The van der Waals surface area contributed by atoms with Crippen LogP contribution in [0.2, 0.25) is 0 Å². The number of carbonyl (C=O) groups is 1. The highest BCUT2D eigenvalue weighted by Crippen LogP contribution is 2.34.